The summed E-state index contributed by atoms with van der Waals surface area (Å²) in [5.74, 6) is 2.48. The van der Waals surface area contributed by atoms with Gasteiger partial charge in [-0.25, -0.2) is 4.98 Å². The summed E-state index contributed by atoms with van der Waals surface area (Å²) in [4.78, 5) is 23.8. The third-order valence-electron chi connectivity index (χ3n) is 4.75. The molecular weight excluding hydrogens is 380 g/mol. The number of pyridine rings is 1. The Morgan fingerprint density at radius 2 is 1.93 bits per heavy atom. The maximum Gasteiger partial charge on any atom is 0.261 e. The quantitative estimate of drug-likeness (QED) is 0.394. The number of imidazole rings is 1. The van der Waals surface area contributed by atoms with E-state index in [1.807, 2.05) is 28.2 Å². The predicted molar refractivity (Wildman–Crippen MR) is 109 cm³/mol. The highest BCUT2D eigenvalue weighted by Crippen LogP contribution is 2.44. The van der Waals surface area contributed by atoms with Crippen LogP contribution in [0.1, 0.15) is 6.92 Å². The molecule has 1 fully saturated rings. The van der Waals surface area contributed by atoms with Crippen molar-refractivity contribution in [2.24, 2.45) is 0 Å². The van der Waals surface area contributed by atoms with E-state index in [1.165, 1.54) is 0 Å². The molecule has 1 saturated heterocycles. The van der Waals surface area contributed by atoms with Crippen LogP contribution in [-0.4, -0.2) is 44.8 Å². The molecule has 0 unspecified atom stereocenters. The lowest BCUT2D eigenvalue weighted by Crippen LogP contribution is -2.13. The van der Waals surface area contributed by atoms with Crippen molar-refractivity contribution in [2.75, 3.05) is 24.4 Å². The van der Waals surface area contributed by atoms with Gasteiger partial charge in [0.1, 0.15) is 16.9 Å². The van der Waals surface area contributed by atoms with E-state index in [2.05, 4.69) is 20.1 Å². The number of hydrogen-bond acceptors (Lipinski definition) is 7. The van der Waals surface area contributed by atoms with Crippen molar-refractivity contribution in [3.05, 3.63) is 28.7 Å². The van der Waals surface area contributed by atoms with Crippen LogP contribution in [0.3, 0.4) is 0 Å². The van der Waals surface area contributed by atoms with Gasteiger partial charge in [0.25, 0.3) is 5.56 Å². The van der Waals surface area contributed by atoms with Crippen LogP contribution >= 0.6 is 11.9 Å². The van der Waals surface area contributed by atoms with E-state index in [0.29, 0.717) is 28.4 Å². The minimum Gasteiger partial charge on any atom is -0.493 e. The highest BCUT2D eigenvalue weighted by atomic mass is 32.2. The number of anilines is 1. The van der Waals surface area contributed by atoms with Crippen LogP contribution in [0.15, 0.2) is 23.1 Å². The van der Waals surface area contributed by atoms with E-state index in [4.69, 9.17) is 9.47 Å². The molecule has 0 spiro atoms. The van der Waals surface area contributed by atoms with E-state index in [1.54, 1.807) is 32.2 Å². The number of aryl methyl sites for hydroxylation is 1. The lowest BCUT2D eigenvalue weighted by Gasteiger charge is -2.07. The van der Waals surface area contributed by atoms with Crippen LogP contribution in [0.2, 0.25) is 0 Å². The molecular formula is C18H18N6O3S. The Hall–Kier alpha value is -3.14. The average Bonchev–Trinajstić information content (AvgIpc) is 3.33. The first-order chi connectivity index (χ1) is 13.6. The van der Waals surface area contributed by atoms with E-state index >= 15 is 0 Å². The second-order valence-corrected chi connectivity index (χ2v) is 7.33. The number of rotatable bonds is 5. The van der Waals surface area contributed by atoms with Crippen molar-refractivity contribution in [1.82, 2.24) is 24.7 Å². The Kier molecular flexibility index (Phi) is 3.76. The molecule has 0 amide bonds. The first kappa shape index (κ1) is 17.0. The molecule has 0 aliphatic carbocycles. The van der Waals surface area contributed by atoms with Gasteiger partial charge in [-0.15, -0.1) is 0 Å². The van der Waals surface area contributed by atoms with Gasteiger partial charge in [0.15, 0.2) is 11.5 Å². The maximum atomic E-state index is 13.0. The molecule has 144 valence electrons. The van der Waals surface area contributed by atoms with Crippen molar-refractivity contribution in [2.45, 2.75) is 13.5 Å². The fourth-order valence-electron chi connectivity index (χ4n) is 3.34. The molecule has 3 aromatic heterocycles. The SMILES string of the molecule is CCn1cc2[nH]c(=O)c(-c3nc4cc(OC)c(OC)cc4[nH]3)c(N3CS3)c2n1. The van der Waals surface area contributed by atoms with Crippen molar-refractivity contribution in [1.29, 1.82) is 0 Å². The Balaban J connectivity index is 1.77. The molecule has 4 heterocycles. The second kappa shape index (κ2) is 6.20. The fraction of sp³-hybridized carbons (Fsp3) is 0.278. The largest absolute Gasteiger partial charge is 0.493 e. The van der Waals surface area contributed by atoms with Gasteiger partial charge >= 0.3 is 0 Å². The number of H-pyrrole nitrogens is 2. The van der Waals surface area contributed by atoms with Crippen LogP contribution in [0.4, 0.5) is 5.69 Å². The topological polar surface area (TPSA) is 101 Å². The van der Waals surface area contributed by atoms with E-state index in [0.717, 1.165) is 34.7 Å². The van der Waals surface area contributed by atoms with E-state index < -0.39 is 0 Å². The highest BCUT2D eigenvalue weighted by molar-refractivity contribution is 8.07. The zero-order chi connectivity index (χ0) is 19.4. The van der Waals surface area contributed by atoms with Gasteiger partial charge in [0, 0.05) is 24.9 Å². The van der Waals surface area contributed by atoms with Crippen LogP contribution < -0.4 is 19.3 Å². The molecule has 4 aromatic rings. The minimum atomic E-state index is -0.205. The van der Waals surface area contributed by atoms with Crippen LogP contribution in [0.25, 0.3) is 33.5 Å². The number of nitrogens with zero attached hydrogens (tertiary/aromatic N) is 4. The number of hydrogen-bond donors (Lipinski definition) is 2. The van der Waals surface area contributed by atoms with Gasteiger partial charge in [-0.3, -0.25) is 13.8 Å². The molecule has 10 heteroatoms. The zero-order valence-electron chi connectivity index (χ0n) is 15.6. The number of nitrogens with one attached hydrogen (secondary N) is 2. The second-order valence-electron chi connectivity index (χ2n) is 6.37. The summed E-state index contributed by atoms with van der Waals surface area (Å²) in [6.07, 6.45) is 1.85. The molecule has 9 nitrogen and oxygen atoms in total. The van der Waals surface area contributed by atoms with Gasteiger partial charge in [-0.05, 0) is 18.9 Å². The van der Waals surface area contributed by atoms with Gasteiger partial charge in [0.05, 0.1) is 42.3 Å². The predicted octanol–water partition coefficient (Wildman–Crippen LogP) is 2.73. The van der Waals surface area contributed by atoms with Crippen molar-refractivity contribution >= 4 is 39.7 Å². The fourth-order valence-corrected chi connectivity index (χ4v) is 3.83. The van der Waals surface area contributed by atoms with Crippen LogP contribution in [0.5, 0.6) is 11.5 Å². The summed E-state index contributed by atoms with van der Waals surface area (Å²) in [5, 5.41) is 4.64. The molecule has 0 bridgehead atoms. The van der Waals surface area contributed by atoms with Gasteiger partial charge < -0.3 is 19.4 Å². The molecule has 0 saturated carbocycles. The Morgan fingerprint density at radius 1 is 1.18 bits per heavy atom. The third kappa shape index (κ3) is 2.52. The number of aromatic amines is 2. The number of methoxy groups -OCH3 is 2. The average molecular weight is 398 g/mol. The Morgan fingerprint density at radius 3 is 2.61 bits per heavy atom. The summed E-state index contributed by atoms with van der Waals surface area (Å²) >= 11 is 1.64. The molecule has 0 radical (unpaired) electrons. The number of ether oxygens (including phenoxy) is 2. The number of aromatic nitrogens is 5. The molecule has 1 aliphatic heterocycles. The van der Waals surface area contributed by atoms with E-state index in [9.17, 15) is 4.79 Å². The standard InChI is InChI=1S/C18H18N6O3S/c1-4-23-7-11-15(22-23)16(24-8-28-24)14(18(25)21-11)17-19-9-5-12(26-2)13(27-3)6-10(9)20-17/h5-7H,4,8H2,1-3H3,(H,19,20)(H,21,25). The van der Waals surface area contributed by atoms with Gasteiger partial charge in [-0.1, -0.05) is 0 Å². The molecule has 0 atom stereocenters. The van der Waals surface area contributed by atoms with Crippen molar-refractivity contribution < 1.29 is 9.47 Å². The normalized spacial score (nSPS) is 13.5. The summed E-state index contributed by atoms with van der Waals surface area (Å²) < 4.78 is 14.6. The van der Waals surface area contributed by atoms with Gasteiger partial charge in [0.2, 0.25) is 0 Å². The first-order valence-electron chi connectivity index (χ1n) is 8.79. The Bertz CT molecular complexity index is 1230. The molecule has 1 aromatic carbocycles. The number of fused-ring (bicyclic) bond motifs is 2. The zero-order valence-corrected chi connectivity index (χ0v) is 16.4. The smallest absolute Gasteiger partial charge is 0.261 e. The highest BCUT2D eigenvalue weighted by Gasteiger charge is 2.31. The van der Waals surface area contributed by atoms with Crippen LogP contribution in [-0.2, 0) is 6.54 Å². The van der Waals surface area contributed by atoms with Gasteiger partial charge in [-0.2, -0.15) is 5.10 Å². The summed E-state index contributed by atoms with van der Waals surface area (Å²) in [7, 11) is 3.16. The summed E-state index contributed by atoms with van der Waals surface area (Å²) in [6, 6.07) is 3.60. The monoisotopic (exact) mass is 398 g/mol. The van der Waals surface area contributed by atoms with Crippen molar-refractivity contribution in [3.63, 3.8) is 0 Å². The maximum absolute atomic E-state index is 13.0. The molecule has 28 heavy (non-hydrogen) atoms. The lowest BCUT2D eigenvalue weighted by atomic mass is 10.2. The minimum absolute atomic E-state index is 0.205. The van der Waals surface area contributed by atoms with E-state index in [-0.39, 0.29) is 5.56 Å². The molecule has 1 aliphatic rings. The van der Waals surface area contributed by atoms with Crippen molar-refractivity contribution in [3.8, 4) is 22.9 Å². The number of benzene rings is 1. The molecule has 5 rings (SSSR count). The first-order valence-corrected chi connectivity index (χ1v) is 9.73. The lowest BCUT2D eigenvalue weighted by molar-refractivity contribution is 0.356. The third-order valence-corrected chi connectivity index (χ3v) is 5.45. The Labute approximate surface area is 163 Å². The van der Waals surface area contributed by atoms with Crippen LogP contribution in [0, 0.1) is 0 Å². The summed E-state index contributed by atoms with van der Waals surface area (Å²) in [5.41, 5.74) is 3.99. The summed E-state index contributed by atoms with van der Waals surface area (Å²) in [6.45, 7) is 2.74. The molecule has 2 N–H and O–H groups in total.